The quantitative estimate of drug-likeness (QED) is 0.249. The molecule has 0 saturated carbocycles. The molecule has 1 heterocycles. The maximum absolute atomic E-state index is 13.4. The van der Waals surface area contributed by atoms with Crippen molar-refractivity contribution in [3.05, 3.63) is 62.6 Å². The molecule has 6 nitrogen and oxygen atoms in total. The number of cyclic esters (lactones) is 1. The van der Waals surface area contributed by atoms with E-state index in [1.54, 1.807) is 18.2 Å². The number of carbonyl (C=O) groups is 2. The minimum absolute atomic E-state index is 0.0347. The third-order valence-corrected chi connectivity index (χ3v) is 4.72. The Bertz CT molecular complexity index is 1030. The minimum Gasteiger partial charge on any atom is -0.493 e. The van der Waals surface area contributed by atoms with E-state index in [1.165, 1.54) is 31.4 Å². The number of esters is 2. The number of benzene rings is 2. The zero-order valence-electron chi connectivity index (χ0n) is 15.7. The van der Waals surface area contributed by atoms with Gasteiger partial charge in [0.2, 0.25) is 5.90 Å². The highest BCUT2D eigenvalue weighted by molar-refractivity contribution is 14.1. The van der Waals surface area contributed by atoms with Crippen LogP contribution in [0.25, 0.3) is 6.08 Å². The largest absolute Gasteiger partial charge is 0.493 e. The van der Waals surface area contributed by atoms with E-state index in [9.17, 15) is 14.0 Å². The van der Waals surface area contributed by atoms with Crippen molar-refractivity contribution in [2.75, 3.05) is 7.11 Å². The summed E-state index contributed by atoms with van der Waals surface area (Å²) in [6.07, 6.45) is 2.50. The Kier molecular flexibility index (Phi) is 6.63. The third-order valence-electron chi connectivity index (χ3n) is 3.92. The predicted octanol–water partition coefficient (Wildman–Crippen LogP) is 4.49. The van der Waals surface area contributed by atoms with Gasteiger partial charge in [-0.05, 0) is 71.0 Å². The van der Waals surface area contributed by atoms with Crippen molar-refractivity contribution in [3.8, 4) is 11.5 Å². The van der Waals surface area contributed by atoms with Gasteiger partial charge in [0.05, 0.1) is 10.7 Å². The van der Waals surface area contributed by atoms with E-state index in [1.807, 2.05) is 29.5 Å². The Hall–Kier alpha value is -2.75. The Labute approximate surface area is 180 Å². The molecule has 2 aromatic carbocycles. The summed E-state index contributed by atoms with van der Waals surface area (Å²) in [6, 6.07) is 9.00. The summed E-state index contributed by atoms with van der Waals surface area (Å²) < 4.78 is 29.9. The first-order valence-corrected chi connectivity index (χ1v) is 9.86. The third kappa shape index (κ3) is 5.00. The molecule has 8 heteroatoms. The average Bonchev–Trinajstić information content (AvgIpc) is 3.04. The summed E-state index contributed by atoms with van der Waals surface area (Å²) in [7, 11) is 1.46. The van der Waals surface area contributed by atoms with Crippen molar-refractivity contribution in [2.24, 2.45) is 4.99 Å². The zero-order chi connectivity index (χ0) is 21.0. The van der Waals surface area contributed by atoms with Crippen LogP contribution in [0.1, 0.15) is 30.9 Å². The maximum Gasteiger partial charge on any atom is 0.363 e. The van der Waals surface area contributed by atoms with Crippen LogP contribution in [0.3, 0.4) is 0 Å². The molecule has 0 N–H and O–H groups in total. The number of aliphatic imine (C=N–C) groups is 1. The lowest BCUT2D eigenvalue weighted by Gasteiger charge is -2.12. The van der Waals surface area contributed by atoms with Gasteiger partial charge in [0.25, 0.3) is 0 Å². The van der Waals surface area contributed by atoms with Gasteiger partial charge in [-0.1, -0.05) is 13.0 Å². The molecular weight excluding hydrogens is 492 g/mol. The van der Waals surface area contributed by atoms with E-state index in [2.05, 4.69) is 4.99 Å². The number of rotatable bonds is 6. The monoisotopic (exact) mass is 509 g/mol. The SMILES string of the molecule is CCCC(=O)Oc1c(I)cc(/C=C2\N=C(c3cccc(F)c3)OC2=O)cc1OC. The van der Waals surface area contributed by atoms with Crippen molar-refractivity contribution >= 4 is 46.5 Å². The second kappa shape index (κ2) is 9.17. The van der Waals surface area contributed by atoms with Crippen LogP contribution in [-0.2, 0) is 14.3 Å². The van der Waals surface area contributed by atoms with Gasteiger partial charge < -0.3 is 14.2 Å². The van der Waals surface area contributed by atoms with E-state index in [-0.39, 0.29) is 17.6 Å². The number of hydrogen-bond acceptors (Lipinski definition) is 6. The van der Waals surface area contributed by atoms with Crippen LogP contribution in [0.4, 0.5) is 4.39 Å². The van der Waals surface area contributed by atoms with Crippen molar-refractivity contribution in [1.29, 1.82) is 0 Å². The standard InChI is InChI=1S/C21H17FINO5/c1-3-5-18(25)28-19-15(23)8-12(10-17(19)27-2)9-16-21(26)29-20(24-16)13-6-4-7-14(22)11-13/h4,6-11H,3,5H2,1-2H3/b16-9-. The van der Waals surface area contributed by atoms with E-state index in [4.69, 9.17) is 14.2 Å². The van der Waals surface area contributed by atoms with Crippen LogP contribution in [-0.4, -0.2) is 24.9 Å². The molecule has 0 bridgehead atoms. The molecule has 1 aliphatic heterocycles. The normalized spacial score (nSPS) is 14.6. The van der Waals surface area contributed by atoms with Crippen LogP contribution < -0.4 is 9.47 Å². The fourth-order valence-electron chi connectivity index (χ4n) is 2.60. The van der Waals surface area contributed by atoms with E-state index >= 15 is 0 Å². The van der Waals surface area contributed by atoms with Crippen LogP contribution >= 0.6 is 22.6 Å². The highest BCUT2D eigenvalue weighted by Gasteiger charge is 2.25. The molecule has 0 aromatic heterocycles. The Balaban J connectivity index is 1.92. The van der Waals surface area contributed by atoms with E-state index in [0.717, 1.165) is 0 Å². The molecule has 0 spiro atoms. The number of ether oxygens (including phenoxy) is 3. The summed E-state index contributed by atoms with van der Waals surface area (Å²) in [5, 5.41) is 0. The average molecular weight is 509 g/mol. The molecule has 0 fully saturated rings. The predicted molar refractivity (Wildman–Crippen MR) is 113 cm³/mol. The maximum atomic E-state index is 13.4. The Morgan fingerprint density at radius 3 is 2.79 bits per heavy atom. The highest BCUT2D eigenvalue weighted by Crippen LogP contribution is 2.35. The van der Waals surface area contributed by atoms with Gasteiger partial charge >= 0.3 is 11.9 Å². The van der Waals surface area contributed by atoms with Gasteiger partial charge in [0, 0.05) is 12.0 Å². The fourth-order valence-corrected chi connectivity index (χ4v) is 3.34. The molecule has 0 saturated heterocycles. The first-order chi connectivity index (χ1) is 13.9. The first-order valence-electron chi connectivity index (χ1n) is 8.78. The van der Waals surface area contributed by atoms with E-state index in [0.29, 0.717) is 39.0 Å². The molecule has 29 heavy (non-hydrogen) atoms. The Morgan fingerprint density at radius 1 is 1.31 bits per heavy atom. The van der Waals surface area contributed by atoms with Crippen LogP contribution in [0.15, 0.2) is 47.1 Å². The number of halogens is 2. The number of hydrogen-bond donors (Lipinski definition) is 0. The lowest BCUT2D eigenvalue weighted by atomic mass is 10.1. The molecule has 0 unspecified atom stereocenters. The van der Waals surface area contributed by atoms with Crippen molar-refractivity contribution in [1.82, 2.24) is 0 Å². The smallest absolute Gasteiger partial charge is 0.363 e. The zero-order valence-corrected chi connectivity index (χ0v) is 17.9. The highest BCUT2D eigenvalue weighted by atomic mass is 127. The lowest BCUT2D eigenvalue weighted by molar-refractivity contribution is -0.134. The van der Waals surface area contributed by atoms with Gasteiger partial charge in [-0.2, -0.15) is 0 Å². The van der Waals surface area contributed by atoms with E-state index < -0.39 is 11.8 Å². The molecule has 2 aromatic rings. The molecule has 0 atom stereocenters. The lowest BCUT2D eigenvalue weighted by Crippen LogP contribution is -2.09. The Morgan fingerprint density at radius 2 is 2.10 bits per heavy atom. The van der Waals surface area contributed by atoms with Gasteiger partial charge in [-0.25, -0.2) is 14.2 Å². The van der Waals surface area contributed by atoms with Gasteiger partial charge in [-0.15, -0.1) is 0 Å². The summed E-state index contributed by atoms with van der Waals surface area (Å²) in [6.45, 7) is 1.89. The molecule has 1 aliphatic rings. The molecular formula is C21H17FINO5. The van der Waals surface area contributed by atoms with Crippen LogP contribution in [0, 0.1) is 9.39 Å². The molecule has 0 radical (unpaired) electrons. The summed E-state index contributed by atoms with van der Waals surface area (Å²) in [5.74, 6) is -0.727. The summed E-state index contributed by atoms with van der Waals surface area (Å²) >= 11 is 2.03. The second-order valence-corrected chi connectivity index (χ2v) is 7.27. The molecule has 0 aliphatic carbocycles. The number of methoxy groups -OCH3 is 1. The summed E-state index contributed by atoms with van der Waals surface area (Å²) in [4.78, 5) is 28.2. The van der Waals surface area contributed by atoms with Crippen molar-refractivity contribution in [2.45, 2.75) is 19.8 Å². The van der Waals surface area contributed by atoms with Crippen LogP contribution in [0.5, 0.6) is 11.5 Å². The fraction of sp³-hybridized carbons (Fsp3) is 0.190. The molecule has 0 amide bonds. The van der Waals surface area contributed by atoms with Crippen LogP contribution in [0.2, 0.25) is 0 Å². The first kappa shape index (κ1) is 21.0. The number of carbonyl (C=O) groups excluding carboxylic acids is 2. The van der Waals surface area contributed by atoms with Gasteiger partial charge in [0.1, 0.15) is 5.82 Å². The molecule has 150 valence electrons. The van der Waals surface area contributed by atoms with Crippen molar-refractivity contribution < 1.29 is 28.2 Å². The van der Waals surface area contributed by atoms with Gasteiger partial charge in [0.15, 0.2) is 17.2 Å². The molecule has 3 rings (SSSR count). The van der Waals surface area contributed by atoms with Gasteiger partial charge in [-0.3, -0.25) is 4.79 Å². The van der Waals surface area contributed by atoms with Crippen molar-refractivity contribution in [3.63, 3.8) is 0 Å². The minimum atomic E-state index is -0.642. The number of nitrogens with zero attached hydrogens (tertiary/aromatic N) is 1. The summed E-state index contributed by atoms with van der Waals surface area (Å²) in [5.41, 5.74) is 1.04. The topological polar surface area (TPSA) is 74.2 Å². The second-order valence-electron chi connectivity index (χ2n) is 6.10.